The van der Waals surface area contributed by atoms with Crippen molar-refractivity contribution >= 4 is 0 Å². The van der Waals surface area contributed by atoms with Gasteiger partial charge in [0.2, 0.25) is 0 Å². The first kappa shape index (κ1) is 10.2. The van der Waals surface area contributed by atoms with Crippen molar-refractivity contribution in [3.8, 4) is 0 Å². The number of H-pyrrole nitrogens is 1. The van der Waals surface area contributed by atoms with Crippen molar-refractivity contribution in [2.45, 2.75) is 46.5 Å². The average molecular weight is 181 g/mol. The predicted octanol–water partition coefficient (Wildman–Crippen LogP) is 2.35. The second kappa shape index (κ2) is 5.00. The van der Waals surface area contributed by atoms with Gasteiger partial charge < -0.3 is 0 Å². The number of nitrogens with zero attached hydrogens (tertiary/aromatic N) is 2. The monoisotopic (exact) mass is 181 g/mol. The lowest BCUT2D eigenvalue weighted by atomic mass is 10.1. The molecule has 0 amide bonds. The zero-order valence-electron chi connectivity index (χ0n) is 8.80. The summed E-state index contributed by atoms with van der Waals surface area (Å²) in [7, 11) is 0. The second-order valence-electron chi connectivity index (χ2n) is 3.67. The van der Waals surface area contributed by atoms with E-state index in [9.17, 15) is 0 Å². The van der Waals surface area contributed by atoms with Crippen molar-refractivity contribution in [2.75, 3.05) is 0 Å². The summed E-state index contributed by atoms with van der Waals surface area (Å²) in [5.74, 6) is 2.70. The average Bonchev–Trinajstić information content (AvgIpc) is 2.53. The topological polar surface area (TPSA) is 41.6 Å². The van der Waals surface area contributed by atoms with Crippen LogP contribution in [0.1, 0.15) is 45.3 Å². The summed E-state index contributed by atoms with van der Waals surface area (Å²) >= 11 is 0. The highest BCUT2D eigenvalue weighted by Crippen LogP contribution is 2.07. The second-order valence-corrected chi connectivity index (χ2v) is 3.67. The number of aromatic amines is 1. The number of hydrogen-bond donors (Lipinski definition) is 1. The smallest absolute Gasteiger partial charge is 0.150 e. The van der Waals surface area contributed by atoms with Gasteiger partial charge in [0, 0.05) is 12.8 Å². The Morgan fingerprint density at radius 1 is 1.38 bits per heavy atom. The highest BCUT2D eigenvalue weighted by Gasteiger charge is 2.05. The van der Waals surface area contributed by atoms with Crippen LogP contribution in [0.2, 0.25) is 0 Å². The molecule has 1 heterocycles. The van der Waals surface area contributed by atoms with E-state index in [2.05, 4.69) is 36.0 Å². The predicted molar refractivity (Wildman–Crippen MR) is 53.5 cm³/mol. The normalized spacial score (nSPS) is 13.2. The van der Waals surface area contributed by atoms with E-state index in [1.165, 1.54) is 6.42 Å². The van der Waals surface area contributed by atoms with E-state index in [0.717, 1.165) is 30.9 Å². The number of rotatable bonds is 5. The van der Waals surface area contributed by atoms with E-state index in [0.29, 0.717) is 5.92 Å². The molecule has 1 N–H and O–H groups in total. The highest BCUT2D eigenvalue weighted by atomic mass is 15.2. The SMILES string of the molecule is CCCc1n[nH]c(CC(C)CC)n1. The lowest BCUT2D eigenvalue weighted by molar-refractivity contribution is 0.544. The van der Waals surface area contributed by atoms with Gasteiger partial charge in [-0.15, -0.1) is 0 Å². The van der Waals surface area contributed by atoms with Gasteiger partial charge in [-0.25, -0.2) is 4.98 Å². The lowest BCUT2D eigenvalue weighted by Crippen LogP contribution is -1.99. The molecule has 0 spiro atoms. The van der Waals surface area contributed by atoms with E-state index in [1.54, 1.807) is 0 Å². The summed E-state index contributed by atoms with van der Waals surface area (Å²) in [6.07, 6.45) is 4.31. The summed E-state index contributed by atoms with van der Waals surface area (Å²) in [4.78, 5) is 4.42. The summed E-state index contributed by atoms with van der Waals surface area (Å²) in [6.45, 7) is 6.58. The molecule has 0 radical (unpaired) electrons. The van der Waals surface area contributed by atoms with Gasteiger partial charge in [-0.1, -0.05) is 27.2 Å². The Morgan fingerprint density at radius 2 is 2.15 bits per heavy atom. The van der Waals surface area contributed by atoms with Gasteiger partial charge in [-0.2, -0.15) is 5.10 Å². The molecule has 1 aromatic rings. The molecule has 3 heteroatoms. The van der Waals surface area contributed by atoms with Crippen LogP contribution in [0.15, 0.2) is 0 Å². The van der Waals surface area contributed by atoms with Gasteiger partial charge >= 0.3 is 0 Å². The zero-order valence-corrected chi connectivity index (χ0v) is 8.80. The first-order valence-corrected chi connectivity index (χ1v) is 5.16. The Hall–Kier alpha value is -0.860. The van der Waals surface area contributed by atoms with Gasteiger partial charge in [0.25, 0.3) is 0 Å². The Labute approximate surface area is 80.0 Å². The van der Waals surface area contributed by atoms with Crippen molar-refractivity contribution in [2.24, 2.45) is 5.92 Å². The van der Waals surface area contributed by atoms with Crippen LogP contribution >= 0.6 is 0 Å². The largest absolute Gasteiger partial charge is 0.263 e. The Bertz CT molecular complexity index is 242. The maximum absolute atomic E-state index is 4.42. The standard InChI is InChI=1S/C10H19N3/c1-4-6-9-11-10(13-12-9)7-8(3)5-2/h8H,4-7H2,1-3H3,(H,11,12,13). The quantitative estimate of drug-likeness (QED) is 0.757. The van der Waals surface area contributed by atoms with Gasteiger partial charge in [0.05, 0.1) is 0 Å². The number of hydrogen-bond acceptors (Lipinski definition) is 2. The molecule has 0 fully saturated rings. The molecule has 0 saturated heterocycles. The Kier molecular flexibility index (Phi) is 3.93. The fourth-order valence-electron chi connectivity index (χ4n) is 1.24. The van der Waals surface area contributed by atoms with Crippen molar-refractivity contribution in [1.82, 2.24) is 15.2 Å². The van der Waals surface area contributed by atoms with E-state index in [-0.39, 0.29) is 0 Å². The molecule has 1 unspecified atom stereocenters. The molecule has 1 atom stereocenters. The number of aromatic nitrogens is 3. The maximum atomic E-state index is 4.42. The Morgan fingerprint density at radius 3 is 2.77 bits per heavy atom. The molecule has 0 bridgehead atoms. The minimum absolute atomic E-state index is 0.697. The third kappa shape index (κ3) is 3.17. The third-order valence-electron chi connectivity index (χ3n) is 2.29. The van der Waals surface area contributed by atoms with E-state index in [1.807, 2.05) is 0 Å². The molecular formula is C10H19N3. The number of nitrogens with one attached hydrogen (secondary N) is 1. The fourth-order valence-corrected chi connectivity index (χ4v) is 1.24. The minimum Gasteiger partial charge on any atom is -0.263 e. The first-order chi connectivity index (χ1) is 6.26. The van der Waals surface area contributed by atoms with Crippen LogP contribution in [0, 0.1) is 5.92 Å². The summed E-state index contributed by atoms with van der Waals surface area (Å²) in [5.41, 5.74) is 0. The van der Waals surface area contributed by atoms with Crippen LogP contribution in [-0.4, -0.2) is 15.2 Å². The highest BCUT2D eigenvalue weighted by molar-refractivity contribution is 4.91. The van der Waals surface area contributed by atoms with Crippen LogP contribution in [0.3, 0.4) is 0 Å². The van der Waals surface area contributed by atoms with E-state index < -0.39 is 0 Å². The third-order valence-corrected chi connectivity index (χ3v) is 2.29. The summed E-state index contributed by atoms with van der Waals surface area (Å²) < 4.78 is 0. The molecule has 13 heavy (non-hydrogen) atoms. The molecule has 0 aliphatic carbocycles. The minimum atomic E-state index is 0.697. The zero-order chi connectivity index (χ0) is 9.68. The molecular weight excluding hydrogens is 162 g/mol. The van der Waals surface area contributed by atoms with Gasteiger partial charge in [-0.3, -0.25) is 5.10 Å². The van der Waals surface area contributed by atoms with Gasteiger partial charge in [0.1, 0.15) is 5.82 Å². The molecule has 0 saturated carbocycles. The van der Waals surface area contributed by atoms with Crippen LogP contribution in [0.4, 0.5) is 0 Å². The van der Waals surface area contributed by atoms with Gasteiger partial charge in [0.15, 0.2) is 5.82 Å². The molecule has 0 aromatic carbocycles. The molecule has 74 valence electrons. The molecule has 1 aromatic heterocycles. The van der Waals surface area contributed by atoms with Crippen molar-refractivity contribution < 1.29 is 0 Å². The van der Waals surface area contributed by atoms with Crippen LogP contribution in [-0.2, 0) is 12.8 Å². The van der Waals surface area contributed by atoms with Crippen molar-refractivity contribution in [3.63, 3.8) is 0 Å². The summed E-state index contributed by atoms with van der Waals surface area (Å²) in [5, 5.41) is 7.15. The van der Waals surface area contributed by atoms with Crippen LogP contribution in [0.5, 0.6) is 0 Å². The molecule has 0 aliphatic heterocycles. The van der Waals surface area contributed by atoms with Crippen molar-refractivity contribution in [1.29, 1.82) is 0 Å². The lowest BCUT2D eigenvalue weighted by Gasteiger charge is -2.03. The summed E-state index contributed by atoms with van der Waals surface area (Å²) in [6, 6.07) is 0. The van der Waals surface area contributed by atoms with E-state index >= 15 is 0 Å². The Balaban J connectivity index is 2.48. The van der Waals surface area contributed by atoms with Gasteiger partial charge in [-0.05, 0) is 12.3 Å². The first-order valence-electron chi connectivity index (χ1n) is 5.16. The maximum Gasteiger partial charge on any atom is 0.150 e. The van der Waals surface area contributed by atoms with Crippen LogP contribution in [0.25, 0.3) is 0 Å². The van der Waals surface area contributed by atoms with Crippen molar-refractivity contribution in [3.05, 3.63) is 11.6 Å². The van der Waals surface area contributed by atoms with Crippen LogP contribution < -0.4 is 0 Å². The molecule has 3 nitrogen and oxygen atoms in total. The molecule has 0 aliphatic rings. The van der Waals surface area contributed by atoms with E-state index in [4.69, 9.17) is 0 Å². The fraction of sp³-hybridized carbons (Fsp3) is 0.800. The number of aryl methyl sites for hydroxylation is 1. The molecule has 1 rings (SSSR count).